The Hall–Kier alpha value is -1.63. The van der Waals surface area contributed by atoms with Crippen molar-refractivity contribution in [3.63, 3.8) is 0 Å². The standard InChI is InChI=1S/C19H26ClN3O3/c20-16-4-1-3-15(13-16)17(24)22-7-2-8-23(10-9-22)18(25)19(14-21)5-11-26-12-6-19/h1,3-4,13H,2,5-12,14,21H2. The highest BCUT2D eigenvalue weighted by Gasteiger charge is 2.41. The van der Waals surface area contributed by atoms with Crippen molar-refractivity contribution in [2.45, 2.75) is 19.3 Å². The Morgan fingerprint density at radius 3 is 2.50 bits per heavy atom. The molecule has 0 spiro atoms. The van der Waals surface area contributed by atoms with Crippen LogP contribution in [0.15, 0.2) is 24.3 Å². The van der Waals surface area contributed by atoms with Crippen LogP contribution in [0.2, 0.25) is 5.02 Å². The van der Waals surface area contributed by atoms with Crippen LogP contribution in [0.25, 0.3) is 0 Å². The number of carbonyl (C=O) groups excluding carboxylic acids is 2. The van der Waals surface area contributed by atoms with E-state index in [1.54, 1.807) is 29.2 Å². The molecule has 0 aromatic heterocycles. The first-order valence-electron chi connectivity index (χ1n) is 9.18. The molecule has 26 heavy (non-hydrogen) atoms. The number of nitrogens with two attached hydrogens (primary N) is 1. The molecule has 2 amide bonds. The number of hydrogen-bond donors (Lipinski definition) is 1. The molecule has 0 radical (unpaired) electrons. The monoisotopic (exact) mass is 379 g/mol. The average Bonchev–Trinajstić information content (AvgIpc) is 2.93. The van der Waals surface area contributed by atoms with Crippen LogP contribution in [0.1, 0.15) is 29.6 Å². The average molecular weight is 380 g/mol. The SMILES string of the molecule is NCC1(C(=O)N2CCCN(C(=O)c3cccc(Cl)c3)CC2)CCOCC1. The van der Waals surface area contributed by atoms with E-state index in [0.717, 1.165) is 6.42 Å². The minimum Gasteiger partial charge on any atom is -0.381 e. The summed E-state index contributed by atoms with van der Waals surface area (Å²) in [5.41, 5.74) is 6.04. The molecule has 7 heteroatoms. The maximum Gasteiger partial charge on any atom is 0.253 e. The third-order valence-corrected chi connectivity index (χ3v) is 5.67. The predicted octanol–water partition coefficient (Wildman–Crippen LogP) is 1.77. The zero-order chi connectivity index (χ0) is 18.6. The summed E-state index contributed by atoms with van der Waals surface area (Å²) in [6, 6.07) is 6.98. The molecule has 2 aliphatic heterocycles. The van der Waals surface area contributed by atoms with Gasteiger partial charge in [0.05, 0.1) is 5.41 Å². The van der Waals surface area contributed by atoms with Crippen molar-refractivity contribution in [2.24, 2.45) is 11.1 Å². The van der Waals surface area contributed by atoms with Crippen molar-refractivity contribution in [3.05, 3.63) is 34.9 Å². The second-order valence-electron chi connectivity index (χ2n) is 7.05. The molecule has 1 aromatic rings. The lowest BCUT2D eigenvalue weighted by Crippen LogP contribution is -2.51. The lowest BCUT2D eigenvalue weighted by molar-refractivity contribution is -0.147. The fourth-order valence-electron chi connectivity index (χ4n) is 3.73. The normalized spacial score (nSPS) is 20.5. The molecule has 0 bridgehead atoms. The molecule has 142 valence electrons. The molecule has 0 unspecified atom stereocenters. The number of halogens is 1. The molecule has 0 atom stereocenters. The van der Waals surface area contributed by atoms with Gasteiger partial charge in [0, 0.05) is 56.5 Å². The molecule has 2 aliphatic rings. The molecule has 3 rings (SSSR count). The van der Waals surface area contributed by atoms with Gasteiger partial charge in [-0.2, -0.15) is 0 Å². The number of carbonyl (C=O) groups is 2. The third kappa shape index (κ3) is 4.03. The van der Waals surface area contributed by atoms with E-state index in [0.29, 0.717) is 69.4 Å². The van der Waals surface area contributed by atoms with Crippen molar-refractivity contribution >= 4 is 23.4 Å². The molecule has 2 N–H and O–H groups in total. The Morgan fingerprint density at radius 1 is 1.12 bits per heavy atom. The molecule has 0 aliphatic carbocycles. The summed E-state index contributed by atoms with van der Waals surface area (Å²) in [5, 5.41) is 0.548. The summed E-state index contributed by atoms with van der Waals surface area (Å²) < 4.78 is 5.41. The molecular formula is C19H26ClN3O3. The van der Waals surface area contributed by atoms with Crippen molar-refractivity contribution in [1.29, 1.82) is 0 Å². The maximum absolute atomic E-state index is 13.1. The van der Waals surface area contributed by atoms with Crippen LogP contribution in [0.5, 0.6) is 0 Å². The van der Waals surface area contributed by atoms with Gasteiger partial charge < -0.3 is 20.3 Å². The van der Waals surface area contributed by atoms with Gasteiger partial charge in [-0.15, -0.1) is 0 Å². The van der Waals surface area contributed by atoms with Gasteiger partial charge in [-0.25, -0.2) is 0 Å². The Balaban J connectivity index is 1.66. The van der Waals surface area contributed by atoms with Gasteiger partial charge in [0.2, 0.25) is 5.91 Å². The van der Waals surface area contributed by atoms with Crippen molar-refractivity contribution in [3.8, 4) is 0 Å². The topological polar surface area (TPSA) is 75.9 Å². The Labute approximate surface area is 159 Å². The second-order valence-corrected chi connectivity index (χ2v) is 7.48. The Bertz CT molecular complexity index is 661. The van der Waals surface area contributed by atoms with Gasteiger partial charge in [0.15, 0.2) is 0 Å². The largest absolute Gasteiger partial charge is 0.381 e. The third-order valence-electron chi connectivity index (χ3n) is 5.44. The van der Waals surface area contributed by atoms with E-state index >= 15 is 0 Å². The van der Waals surface area contributed by atoms with Crippen LogP contribution < -0.4 is 5.73 Å². The molecule has 0 saturated carbocycles. The first-order chi connectivity index (χ1) is 12.6. The van der Waals surface area contributed by atoms with Crippen LogP contribution >= 0.6 is 11.6 Å². The van der Waals surface area contributed by atoms with Crippen molar-refractivity contribution < 1.29 is 14.3 Å². The van der Waals surface area contributed by atoms with Gasteiger partial charge in [-0.1, -0.05) is 17.7 Å². The summed E-state index contributed by atoms with van der Waals surface area (Å²) in [4.78, 5) is 29.5. The summed E-state index contributed by atoms with van der Waals surface area (Å²) in [7, 11) is 0. The maximum atomic E-state index is 13.1. The second kappa shape index (κ2) is 8.37. The number of ether oxygens (including phenoxy) is 1. The number of rotatable bonds is 3. The summed E-state index contributed by atoms with van der Waals surface area (Å²) in [5.74, 6) is 0.0711. The first kappa shape index (κ1) is 19.1. The minimum absolute atomic E-state index is 0.0404. The van der Waals surface area contributed by atoms with Crippen LogP contribution in [0.3, 0.4) is 0 Å². The van der Waals surface area contributed by atoms with E-state index in [4.69, 9.17) is 22.1 Å². The van der Waals surface area contributed by atoms with Crippen molar-refractivity contribution in [2.75, 3.05) is 45.9 Å². The summed E-state index contributed by atoms with van der Waals surface area (Å²) in [6.45, 7) is 3.85. The number of amides is 2. The van der Waals surface area contributed by atoms with E-state index in [9.17, 15) is 9.59 Å². The fourth-order valence-corrected chi connectivity index (χ4v) is 3.92. The molecule has 2 saturated heterocycles. The van der Waals surface area contributed by atoms with Crippen LogP contribution in [0, 0.1) is 5.41 Å². The van der Waals surface area contributed by atoms with Crippen LogP contribution in [0.4, 0.5) is 0 Å². The zero-order valence-electron chi connectivity index (χ0n) is 15.0. The van der Waals surface area contributed by atoms with Crippen LogP contribution in [-0.2, 0) is 9.53 Å². The molecule has 2 heterocycles. The van der Waals surface area contributed by atoms with E-state index < -0.39 is 5.41 Å². The van der Waals surface area contributed by atoms with E-state index in [1.807, 2.05) is 4.90 Å². The fraction of sp³-hybridized carbons (Fsp3) is 0.579. The Kier molecular flexibility index (Phi) is 6.16. The lowest BCUT2D eigenvalue weighted by Gasteiger charge is -2.38. The minimum atomic E-state index is -0.510. The van der Waals surface area contributed by atoms with Gasteiger partial charge >= 0.3 is 0 Å². The smallest absolute Gasteiger partial charge is 0.253 e. The number of hydrogen-bond acceptors (Lipinski definition) is 4. The summed E-state index contributed by atoms with van der Waals surface area (Å²) >= 11 is 6.00. The number of nitrogens with zero attached hydrogens (tertiary/aromatic N) is 2. The van der Waals surface area contributed by atoms with E-state index in [-0.39, 0.29) is 11.8 Å². The van der Waals surface area contributed by atoms with E-state index in [2.05, 4.69) is 0 Å². The molecule has 6 nitrogen and oxygen atoms in total. The highest BCUT2D eigenvalue weighted by Crippen LogP contribution is 2.32. The van der Waals surface area contributed by atoms with Gasteiger partial charge in [-0.3, -0.25) is 9.59 Å². The predicted molar refractivity (Wildman–Crippen MR) is 100 cm³/mol. The van der Waals surface area contributed by atoms with Crippen molar-refractivity contribution in [1.82, 2.24) is 9.80 Å². The quantitative estimate of drug-likeness (QED) is 0.868. The number of benzene rings is 1. The summed E-state index contributed by atoms with van der Waals surface area (Å²) in [6.07, 6.45) is 2.10. The highest BCUT2D eigenvalue weighted by atomic mass is 35.5. The lowest BCUT2D eigenvalue weighted by atomic mass is 9.79. The van der Waals surface area contributed by atoms with E-state index in [1.165, 1.54) is 0 Å². The molecule has 1 aromatic carbocycles. The molecule has 2 fully saturated rings. The molecular weight excluding hydrogens is 354 g/mol. The Morgan fingerprint density at radius 2 is 1.81 bits per heavy atom. The first-order valence-corrected chi connectivity index (χ1v) is 9.55. The van der Waals surface area contributed by atoms with Gasteiger partial charge in [-0.05, 0) is 37.5 Å². The van der Waals surface area contributed by atoms with Crippen LogP contribution in [-0.4, -0.2) is 67.6 Å². The zero-order valence-corrected chi connectivity index (χ0v) is 15.7. The van der Waals surface area contributed by atoms with Gasteiger partial charge in [0.25, 0.3) is 5.91 Å². The highest BCUT2D eigenvalue weighted by molar-refractivity contribution is 6.30. The van der Waals surface area contributed by atoms with Gasteiger partial charge in [0.1, 0.15) is 0 Å².